The highest BCUT2D eigenvalue weighted by Gasteiger charge is 2.30. The highest BCUT2D eigenvalue weighted by Crippen LogP contribution is 2.40. The van der Waals surface area contributed by atoms with Crippen molar-refractivity contribution in [3.8, 4) is 16.9 Å². The summed E-state index contributed by atoms with van der Waals surface area (Å²) >= 11 is 0. The fourth-order valence-corrected chi connectivity index (χ4v) is 4.54. The molecule has 0 spiro atoms. The van der Waals surface area contributed by atoms with Gasteiger partial charge in [-0.05, 0) is 48.4 Å². The third-order valence-corrected chi connectivity index (χ3v) is 6.05. The van der Waals surface area contributed by atoms with Crippen molar-refractivity contribution in [3.05, 3.63) is 73.3 Å². The number of anilines is 1. The first kappa shape index (κ1) is 19.5. The van der Waals surface area contributed by atoms with Gasteiger partial charge in [-0.1, -0.05) is 48.5 Å². The Bertz CT molecular complexity index is 1010. The molecule has 0 aliphatic carbocycles. The summed E-state index contributed by atoms with van der Waals surface area (Å²) in [4.78, 5) is 5.09. The van der Waals surface area contributed by atoms with E-state index in [1.807, 2.05) is 12.1 Å². The molecule has 0 aromatic heterocycles. The molecule has 0 amide bonds. The Kier molecular flexibility index (Phi) is 5.59. The SMILES string of the molecule is C=CCN1C[C@H](C)N(c2ccc3ccccc3c2-c2cccc(OC)c2)C[C@H]1C. The summed E-state index contributed by atoms with van der Waals surface area (Å²) in [6.45, 7) is 11.6. The van der Waals surface area contributed by atoms with Crippen LogP contribution in [0, 0.1) is 0 Å². The molecule has 0 saturated carbocycles. The molecule has 0 radical (unpaired) electrons. The quantitative estimate of drug-likeness (QED) is 0.531. The van der Waals surface area contributed by atoms with Gasteiger partial charge in [0.15, 0.2) is 0 Å². The van der Waals surface area contributed by atoms with E-state index in [1.54, 1.807) is 7.11 Å². The summed E-state index contributed by atoms with van der Waals surface area (Å²) < 4.78 is 5.52. The summed E-state index contributed by atoms with van der Waals surface area (Å²) in [5.74, 6) is 0.888. The predicted molar refractivity (Wildman–Crippen MR) is 124 cm³/mol. The summed E-state index contributed by atoms with van der Waals surface area (Å²) in [6.07, 6.45) is 2.01. The number of piperazine rings is 1. The fraction of sp³-hybridized carbons (Fsp3) is 0.308. The van der Waals surface area contributed by atoms with Crippen LogP contribution in [0.5, 0.6) is 5.75 Å². The van der Waals surface area contributed by atoms with E-state index in [-0.39, 0.29) is 0 Å². The van der Waals surface area contributed by atoms with Crippen LogP contribution >= 0.6 is 0 Å². The first-order valence-corrected chi connectivity index (χ1v) is 10.4. The Morgan fingerprint density at radius 1 is 1.00 bits per heavy atom. The van der Waals surface area contributed by atoms with Crippen molar-refractivity contribution in [2.75, 3.05) is 31.6 Å². The Balaban J connectivity index is 1.85. The molecule has 1 saturated heterocycles. The highest BCUT2D eigenvalue weighted by atomic mass is 16.5. The minimum absolute atomic E-state index is 0.427. The van der Waals surface area contributed by atoms with E-state index in [1.165, 1.54) is 27.6 Å². The molecule has 4 rings (SSSR count). The molecule has 3 aromatic rings. The molecular formula is C26H30N2O. The Morgan fingerprint density at radius 2 is 1.83 bits per heavy atom. The van der Waals surface area contributed by atoms with Gasteiger partial charge in [0.25, 0.3) is 0 Å². The molecular weight excluding hydrogens is 356 g/mol. The maximum Gasteiger partial charge on any atom is 0.119 e. The van der Waals surface area contributed by atoms with Gasteiger partial charge in [-0.3, -0.25) is 4.90 Å². The van der Waals surface area contributed by atoms with Gasteiger partial charge in [0.1, 0.15) is 5.75 Å². The third kappa shape index (κ3) is 3.75. The van der Waals surface area contributed by atoms with Crippen molar-refractivity contribution in [2.24, 2.45) is 0 Å². The number of hydrogen-bond donors (Lipinski definition) is 0. The monoisotopic (exact) mass is 386 g/mol. The van der Waals surface area contributed by atoms with Crippen LogP contribution in [0.25, 0.3) is 21.9 Å². The van der Waals surface area contributed by atoms with Gasteiger partial charge in [0, 0.05) is 43.0 Å². The van der Waals surface area contributed by atoms with Crippen LogP contribution in [0.3, 0.4) is 0 Å². The van der Waals surface area contributed by atoms with E-state index in [9.17, 15) is 0 Å². The van der Waals surface area contributed by atoms with Crippen LogP contribution in [0.1, 0.15) is 13.8 Å². The van der Waals surface area contributed by atoms with E-state index in [2.05, 4.69) is 84.8 Å². The van der Waals surface area contributed by atoms with Crippen molar-refractivity contribution >= 4 is 16.5 Å². The molecule has 1 heterocycles. The molecule has 1 aliphatic rings. The standard InChI is InChI=1S/C26H30N2O/c1-5-15-27-17-20(3)28(18-19(27)2)25-14-13-21-9-6-7-12-24(21)26(25)22-10-8-11-23(16-22)29-4/h5-14,16,19-20H,1,15,17-18H2,2-4H3/t19-,20+/m1/s1. The summed E-state index contributed by atoms with van der Waals surface area (Å²) in [5, 5.41) is 2.55. The van der Waals surface area contributed by atoms with Gasteiger partial charge in [0.2, 0.25) is 0 Å². The van der Waals surface area contributed by atoms with Crippen molar-refractivity contribution in [3.63, 3.8) is 0 Å². The molecule has 3 nitrogen and oxygen atoms in total. The molecule has 0 N–H and O–H groups in total. The van der Waals surface area contributed by atoms with Crippen LogP contribution in [-0.2, 0) is 0 Å². The zero-order valence-corrected chi connectivity index (χ0v) is 17.6. The van der Waals surface area contributed by atoms with Crippen molar-refractivity contribution in [1.29, 1.82) is 0 Å². The number of hydrogen-bond acceptors (Lipinski definition) is 3. The van der Waals surface area contributed by atoms with E-state index >= 15 is 0 Å². The molecule has 0 unspecified atom stereocenters. The molecule has 3 aromatic carbocycles. The second kappa shape index (κ2) is 8.30. The molecule has 29 heavy (non-hydrogen) atoms. The largest absolute Gasteiger partial charge is 0.497 e. The van der Waals surface area contributed by atoms with E-state index < -0.39 is 0 Å². The second-order valence-electron chi connectivity index (χ2n) is 8.01. The van der Waals surface area contributed by atoms with E-state index in [0.717, 1.165) is 25.4 Å². The van der Waals surface area contributed by atoms with Crippen LogP contribution in [0.2, 0.25) is 0 Å². The summed E-state index contributed by atoms with van der Waals surface area (Å²) in [7, 11) is 1.73. The number of rotatable bonds is 5. The maximum atomic E-state index is 5.52. The Hall–Kier alpha value is -2.78. The Labute approximate surface area is 174 Å². The second-order valence-corrected chi connectivity index (χ2v) is 8.01. The van der Waals surface area contributed by atoms with Crippen molar-refractivity contribution in [2.45, 2.75) is 25.9 Å². The van der Waals surface area contributed by atoms with Crippen LogP contribution in [0.4, 0.5) is 5.69 Å². The molecule has 3 heteroatoms. The summed E-state index contributed by atoms with van der Waals surface area (Å²) in [6, 6.07) is 22.5. The van der Waals surface area contributed by atoms with Crippen LogP contribution in [0.15, 0.2) is 73.3 Å². The lowest BCUT2D eigenvalue weighted by atomic mass is 9.94. The van der Waals surface area contributed by atoms with Gasteiger partial charge in [-0.2, -0.15) is 0 Å². The smallest absolute Gasteiger partial charge is 0.119 e. The topological polar surface area (TPSA) is 15.7 Å². The minimum Gasteiger partial charge on any atom is -0.497 e. The molecule has 150 valence electrons. The molecule has 1 fully saturated rings. The summed E-state index contributed by atoms with van der Waals surface area (Å²) in [5.41, 5.74) is 3.79. The van der Waals surface area contributed by atoms with E-state index in [4.69, 9.17) is 4.74 Å². The first-order valence-electron chi connectivity index (χ1n) is 10.4. The molecule has 1 aliphatic heterocycles. The average Bonchev–Trinajstić information content (AvgIpc) is 2.75. The van der Waals surface area contributed by atoms with E-state index in [0.29, 0.717) is 12.1 Å². The predicted octanol–water partition coefficient (Wildman–Crippen LogP) is 5.60. The zero-order valence-electron chi connectivity index (χ0n) is 17.6. The van der Waals surface area contributed by atoms with Gasteiger partial charge >= 0.3 is 0 Å². The number of benzene rings is 3. The van der Waals surface area contributed by atoms with Gasteiger partial charge in [0.05, 0.1) is 7.11 Å². The van der Waals surface area contributed by atoms with Gasteiger partial charge in [-0.15, -0.1) is 6.58 Å². The molecule has 0 bridgehead atoms. The van der Waals surface area contributed by atoms with Crippen molar-refractivity contribution in [1.82, 2.24) is 4.90 Å². The first-order chi connectivity index (χ1) is 14.1. The zero-order chi connectivity index (χ0) is 20.4. The number of fused-ring (bicyclic) bond motifs is 1. The van der Waals surface area contributed by atoms with Crippen molar-refractivity contribution < 1.29 is 4.74 Å². The lowest BCUT2D eigenvalue weighted by Crippen LogP contribution is -2.56. The lowest BCUT2D eigenvalue weighted by Gasteiger charge is -2.45. The minimum atomic E-state index is 0.427. The highest BCUT2D eigenvalue weighted by molar-refractivity contribution is 6.03. The maximum absolute atomic E-state index is 5.52. The molecule has 2 atom stereocenters. The van der Waals surface area contributed by atoms with Crippen LogP contribution in [-0.4, -0.2) is 43.7 Å². The van der Waals surface area contributed by atoms with Crippen LogP contribution < -0.4 is 9.64 Å². The third-order valence-electron chi connectivity index (χ3n) is 6.05. The van der Waals surface area contributed by atoms with Gasteiger partial charge < -0.3 is 9.64 Å². The number of methoxy groups -OCH3 is 1. The van der Waals surface area contributed by atoms with Gasteiger partial charge in [-0.25, -0.2) is 0 Å². The fourth-order valence-electron chi connectivity index (χ4n) is 4.54. The number of nitrogens with zero attached hydrogens (tertiary/aromatic N) is 2. The number of ether oxygens (including phenoxy) is 1. The average molecular weight is 387 g/mol. The normalized spacial score (nSPS) is 20.0. The lowest BCUT2D eigenvalue weighted by molar-refractivity contribution is 0.184. The Morgan fingerprint density at radius 3 is 2.62 bits per heavy atom.